The number of sulfonamides is 1. The third-order valence-corrected chi connectivity index (χ3v) is 5.59. The summed E-state index contributed by atoms with van der Waals surface area (Å²) in [6.45, 7) is 0.842. The van der Waals surface area contributed by atoms with Crippen LogP contribution in [-0.4, -0.2) is 50.1 Å². The first-order valence-electron chi connectivity index (χ1n) is 7.13. The van der Waals surface area contributed by atoms with E-state index in [4.69, 9.17) is 17.0 Å². The predicted octanol–water partition coefficient (Wildman–Crippen LogP) is 1.47. The Bertz CT molecular complexity index is 946. The number of nitrogens with one attached hydrogen (secondary N) is 1. The summed E-state index contributed by atoms with van der Waals surface area (Å²) < 4.78 is 32.8. The number of rotatable bonds is 6. The van der Waals surface area contributed by atoms with E-state index in [2.05, 4.69) is 4.98 Å². The molecule has 0 aliphatic carbocycles. The zero-order chi connectivity index (χ0) is 17.9. The normalized spacial score (nSPS) is 11.8. The van der Waals surface area contributed by atoms with Gasteiger partial charge in [0.25, 0.3) is 5.56 Å². The van der Waals surface area contributed by atoms with E-state index in [1.165, 1.54) is 32.3 Å². The molecule has 1 aromatic carbocycles. The average Bonchev–Trinajstić information content (AvgIpc) is 2.53. The van der Waals surface area contributed by atoms with Crippen LogP contribution in [0.4, 0.5) is 0 Å². The number of hydrogen-bond donors (Lipinski definition) is 1. The maximum Gasteiger partial charge on any atom is 0.252 e. The van der Waals surface area contributed by atoms with Crippen molar-refractivity contribution in [3.05, 3.63) is 45.5 Å². The number of aromatic amines is 1. The van der Waals surface area contributed by atoms with Crippen molar-refractivity contribution in [3.63, 3.8) is 0 Å². The summed E-state index contributed by atoms with van der Waals surface area (Å²) in [5.41, 5.74) is 0.785. The van der Waals surface area contributed by atoms with Gasteiger partial charge in [-0.2, -0.15) is 0 Å². The number of aromatic nitrogens is 2. The van der Waals surface area contributed by atoms with Crippen molar-refractivity contribution in [2.24, 2.45) is 0 Å². The van der Waals surface area contributed by atoms with E-state index in [1.54, 1.807) is 23.8 Å². The molecule has 2 aromatic rings. The van der Waals surface area contributed by atoms with Crippen LogP contribution in [0.5, 0.6) is 0 Å². The van der Waals surface area contributed by atoms with Gasteiger partial charge in [-0.05, 0) is 29.9 Å². The predicted molar refractivity (Wildman–Crippen MR) is 94.1 cm³/mol. The van der Waals surface area contributed by atoms with Crippen LogP contribution in [0, 0.1) is 4.77 Å². The fraction of sp³-hybridized carbons (Fsp3) is 0.333. The summed E-state index contributed by atoms with van der Waals surface area (Å²) in [4.78, 5) is 14.5. The minimum Gasteiger partial charge on any atom is -0.383 e. The molecule has 0 bridgehead atoms. The number of benzene rings is 1. The maximum atomic E-state index is 12.3. The van der Waals surface area contributed by atoms with Crippen molar-refractivity contribution in [1.82, 2.24) is 13.9 Å². The number of hydrogen-bond acceptors (Lipinski definition) is 5. The molecule has 2 rings (SSSR count). The van der Waals surface area contributed by atoms with Gasteiger partial charge < -0.3 is 9.30 Å². The fourth-order valence-electron chi connectivity index (χ4n) is 2.19. The highest BCUT2D eigenvalue weighted by molar-refractivity contribution is 7.89. The van der Waals surface area contributed by atoms with Gasteiger partial charge in [-0.1, -0.05) is 12.1 Å². The Labute approximate surface area is 145 Å². The lowest BCUT2D eigenvalue weighted by molar-refractivity contribution is 0.186. The molecule has 0 atom stereocenters. The lowest BCUT2D eigenvalue weighted by atomic mass is 10.1. The van der Waals surface area contributed by atoms with Gasteiger partial charge in [0, 0.05) is 33.8 Å². The molecule has 1 heterocycles. The third kappa shape index (κ3) is 3.81. The molecule has 9 heteroatoms. The van der Waals surface area contributed by atoms with Crippen LogP contribution < -0.4 is 5.56 Å². The van der Waals surface area contributed by atoms with Crippen molar-refractivity contribution in [3.8, 4) is 11.3 Å². The Morgan fingerprint density at radius 1 is 1.29 bits per heavy atom. The molecular weight excluding hydrogens is 350 g/mol. The first-order valence-corrected chi connectivity index (χ1v) is 8.98. The molecular formula is C15H19N3O4S2. The average molecular weight is 369 g/mol. The smallest absolute Gasteiger partial charge is 0.252 e. The molecule has 1 aromatic heterocycles. The minimum atomic E-state index is -3.57. The zero-order valence-corrected chi connectivity index (χ0v) is 15.3. The van der Waals surface area contributed by atoms with E-state index in [1.807, 2.05) is 0 Å². The molecule has 7 nitrogen and oxygen atoms in total. The Balaban J connectivity index is 2.65. The largest absolute Gasteiger partial charge is 0.383 e. The summed E-state index contributed by atoms with van der Waals surface area (Å²) in [6, 6.07) is 7.81. The second-order valence-corrected chi connectivity index (χ2v) is 7.82. The van der Waals surface area contributed by atoms with Gasteiger partial charge in [-0.3, -0.25) is 9.78 Å². The molecule has 0 aliphatic heterocycles. The molecule has 1 N–H and O–H groups in total. The molecule has 0 saturated heterocycles. The SMILES string of the molecule is COCCn1c(-c2cccc(S(=O)(=O)N(C)C)c2)cc(=O)[nH]c1=S. The van der Waals surface area contributed by atoms with Crippen molar-refractivity contribution in [2.45, 2.75) is 11.4 Å². The fourth-order valence-corrected chi connectivity index (χ4v) is 3.43. The molecule has 0 aliphatic rings. The van der Waals surface area contributed by atoms with Gasteiger partial charge in [0.1, 0.15) is 0 Å². The first-order chi connectivity index (χ1) is 11.3. The molecule has 0 radical (unpaired) electrons. The number of H-pyrrole nitrogens is 1. The lowest BCUT2D eigenvalue weighted by Gasteiger charge is -2.15. The maximum absolute atomic E-state index is 12.3. The Hall–Kier alpha value is -1.81. The van der Waals surface area contributed by atoms with Crippen LogP contribution in [0.15, 0.2) is 40.0 Å². The van der Waals surface area contributed by atoms with Crippen LogP contribution in [0.25, 0.3) is 11.3 Å². The number of nitrogens with zero attached hydrogens (tertiary/aromatic N) is 2. The standard InChI is InChI=1S/C15H19N3O4S2/c1-17(2)24(20,21)12-6-4-5-11(9-12)13-10-14(19)16-15(23)18(13)7-8-22-3/h4-6,9-10H,7-8H2,1-3H3,(H,16,19,23). The molecule has 0 fully saturated rings. The summed E-state index contributed by atoms with van der Waals surface area (Å²) in [6.07, 6.45) is 0. The number of methoxy groups -OCH3 is 1. The number of ether oxygens (including phenoxy) is 1. The van der Waals surface area contributed by atoms with Gasteiger partial charge in [-0.15, -0.1) is 0 Å². The van der Waals surface area contributed by atoms with E-state index < -0.39 is 10.0 Å². The monoisotopic (exact) mass is 369 g/mol. The van der Waals surface area contributed by atoms with Crippen LogP contribution in [0.3, 0.4) is 0 Å². The van der Waals surface area contributed by atoms with Crippen molar-refractivity contribution >= 4 is 22.2 Å². The molecule has 0 saturated carbocycles. The van der Waals surface area contributed by atoms with Crippen molar-refractivity contribution < 1.29 is 13.2 Å². The second kappa shape index (κ2) is 7.39. The molecule has 24 heavy (non-hydrogen) atoms. The molecule has 130 valence electrons. The van der Waals surface area contributed by atoms with Gasteiger partial charge in [0.05, 0.1) is 17.2 Å². The van der Waals surface area contributed by atoms with E-state index in [0.717, 1.165) is 4.31 Å². The van der Waals surface area contributed by atoms with E-state index in [-0.39, 0.29) is 15.2 Å². The second-order valence-electron chi connectivity index (χ2n) is 5.28. The van der Waals surface area contributed by atoms with Gasteiger partial charge in [0.2, 0.25) is 10.0 Å². The first kappa shape index (κ1) is 18.5. The summed E-state index contributed by atoms with van der Waals surface area (Å²) in [5, 5.41) is 0. The molecule has 0 spiro atoms. The van der Waals surface area contributed by atoms with Crippen molar-refractivity contribution in [2.75, 3.05) is 27.8 Å². The highest BCUT2D eigenvalue weighted by Gasteiger charge is 2.18. The third-order valence-electron chi connectivity index (χ3n) is 3.46. The highest BCUT2D eigenvalue weighted by Crippen LogP contribution is 2.23. The van der Waals surface area contributed by atoms with E-state index >= 15 is 0 Å². The van der Waals surface area contributed by atoms with Crippen LogP contribution in [0.1, 0.15) is 0 Å². The molecule has 0 amide bonds. The zero-order valence-electron chi connectivity index (χ0n) is 13.6. The van der Waals surface area contributed by atoms with E-state index in [9.17, 15) is 13.2 Å². The molecule has 0 unspecified atom stereocenters. The van der Waals surface area contributed by atoms with Crippen molar-refractivity contribution in [1.29, 1.82) is 0 Å². The summed E-state index contributed by atoms with van der Waals surface area (Å²) in [7, 11) is 0.934. The van der Waals surface area contributed by atoms with Crippen LogP contribution >= 0.6 is 12.2 Å². The van der Waals surface area contributed by atoms with Crippen LogP contribution in [-0.2, 0) is 21.3 Å². The van der Waals surface area contributed by atoms with Gasteiger partial charge >= 0.3 is 0 Å². The highest BCUT2D eigenvalue weighted by atomic mass is 32.2. The Kier molecular flexibility index (Phi) is 5.70. The van der Waals surface area contributed by atoms with Gasteiger partial charge in [-0.25, -0.2) is 12.7 Å². The van der Waals surface area contributed by atoms with Crippen LogP contribution in [0.2, 0.25) is 0 Å². The minimum absolute atomic E-state index is 0.148. The van der Waals surface area contributed by atoms with Gasteiger partial charge in [0.15, 0.2) is 4.77 Å². The Morgan fingerprint density at radius 2 is 2.00 bits per heavy atom. The summed E-state index contributed by atoms with van der Waals surface area (Å²) in [5.74, 6) is 0. The Morgan fingerprint density at radius 3 is 2.62 bits per heavy atom. The lowest BCUT2D eigenvalue weighted by Crippen LogP contribution is -2.22. The van der Waals surface area contributed by atoms with E-state index in [0.29, 0.717) is 24.4 Å². The quantitative estimate of drug-likeness (QED) is 0.780. The topological polar surface area (TPSA) is 84.4 Å². The summed E-state index contributed by atoms with van der Waals surface area (Å²) >= 11 is 5.21.